The SMILES string of the molecule is COc1cc(/C(F)=C/c2cccc(-c3cccc(NC(=O)c4cc(OC)c(CN5CC[C@H](O)C5)cn4)c3C)c2C)ccc1CN[C@H](CO)C(=O)O. The quantitative estimate of drug-likeness (QED) is 0.111. The van der Waals surface area contributed by atoms with Crippen LogP contribution in [0.3, 0.4) is 0 Å². The lowest BCUT2D eigenvalue weighted by atomic mass is 9.92. The van der Waals surface area contributed by atoms with E-state index >= 15 is 4.39 Å². The first-order valence-corrected chi connectivity index (χ1v) is 16.6. The molecule has 2 atom stereocenters. The lowest BCUT2D eigenvalue weighted by molar-refractivity contribution is -0.140. The second-order valence-electron chi connectivity index (χ2n) is 12.5. The fourth-order valence-electron chi connectivity index (χ4n) is 6.17. The molecule has 0 bridgehead atoms. The standard InChI is InChI=1S/C39H43FN4O7/c1-23-25(15-32(40)26-11-12-27(36(16-26)50-3)18-42-35(22-45)39(48)49)7-5-8-30(23)31-9-6-10-33(24(31)2)43-38(47)34-17-37(51-4)28(19-41-34)20-44-14-13-29(46)21-44/h5-12,15-17,19,29,35,42,45-46H,13-14,18,20-22H2,1-4H3,(H,43,47)(H,48,49)/b32-15-/t29-,35+/m0/s1. The number of aliphatic carboxylic acids is 1. The minimum Gasteiger partial charge on any atom is -0.496 e. The summed E-state index contributed by atoms with van der Waals surface area (Å²) < 4.78 is 26.7. The number of aromatic nitrogens is 1. The highest BCUT2D eigenvalue weighted by Crippen LogP contribution is 2.34. The number of hydrogen-bond acceptors (Lipinski definition) is 9. The lowest BCUT2D eigenvalue weighted by Gasteiger charge is -2.18. The number of hydrogen-bond donors (Lipinski definition) is 5. The fourth-order valence-corrected chi connectivity index (χ4v) is 6.17. The smallest absolute Gasteiger partial charge is 0.323 e. The number of methoxy groups -OCH3 is 2. The van der Waals surface area contributed by atoms with Crippen LogP contribution in [-0.4, -0.2) is 83.1 Å². The molecule has 12 heteroatoms. The van der Waals surface area contributed by atoms with Gasteiger partial charge in [-0.2, -0.15) is 0 Å². The van der Waals surface area contributed by atoms with E-state index in [4.69, 9.17) is 9.47 Å². The molecule has 51 heavy (non-hydrogen) atoms. The molecule has 5 N–H and O–H groups in total. The predicted molar refractivity (Wildman–Crippen MR) is 193 cm³/mol. The van der Waals surface area contributed by atoms with Crippen LogP contribution in [0.15, 0.2) is 66.9 Å². The Morgan fingerprint density at radius 2 is 1.73 bits per heavy atom. The zero-order chi connectivity index (χ0) is 36.7. The molecule has 268 valence electrons. The molecule has 1 aliphatic rings. The molecule has 1 fully saturated rings. The van der Waals surface area contributed by atoms with Crippen molar-refractivity contribution < 1.29 is 38.8 Å². The Hall–Kier alpha value is -5.14. The van der Waals surface area contributed by atoms with E-state index in [0.717, 1.165) is 40.8 Å². The average Bonchev–Trinajstić information content (AvgIpc) is 3.54. The number of aliphatic hydroxyl groups is 2. The molecule has 2 heterocycles. The van der Waals surface area contributed by atoms with E-state index in [1.165, 1.54) is 13.2 Å². The lowest BCUT2D eigenvalue weighted by Crippen LogP contribution is -2.39. The number of anilines is 1. The number of ether oxygens (including phenoxy) is 2. The Labute approximate surface area is 296 Å². The van der Waals surface area contributed by atoms with Gasteiger partial charge in [-0.15, -0.1) is 0 Å². The second kappa shape index (κ2) is 16.7. The van der Waals surface area contributed by atoms with Gasteiger partial charge in [0.2, 0.25) is 0 Å². The molecule has 0 radical (unpaired) electrons. The van der Waals surface area contributed by atoms with Gasteiger partial charge in [0.1, 0.15) is 29.1 Å². The van der Waals surface area contributed by atoms with Gasteiger partial charge in [0.15, 0.2) is 0 Å². The number of likely N-dealkylation sites (tertiary alicyclic amines) is 1. The predicted octanol–water partition coefficient (Wildman–Crippen LogP) is 5.20. The van der Waals surface area contributed by atoms with Gasteiger partial charge >= 0.3 is 5.97 Å². The summed E-state index contributed by atoms with van der Waals surface area (Å²) in [5.74, 6) is -1.13. The summed E-state index contributed by atoms with van der Waals surface area (Å²) >= 11 is 0. The van der Waals surface area contributed by atoms with Crippen molar-refractivity contribution in [2.24, 2.45) is 0 Å². The third kappa shape index (κ3) is 8.78. The van der Waals surface area contributed by atoms with Crippen molar-refractivity contribution in [2.45, 2.75) is 45.5 Å². The number of amides is 1. The van der Waals surface area contributed by atoms with Crippen LogP contribution in [0.25, 0.3) is 23.0 Å². The maximum atomic E-state index is 15.7. The monoisotopic (exact) mass is 698 g/mol. The van der Waals surface area contributed by atoms with Gasteiger partial charge in [-0.1, -0.05) is 42.5 Å². The number of carboxylic acids is 1. The molecule has 0 aliphatic carbocycles. The summed E-state index contributed by atoms with van der Waals surface area (Å²) in [7, 11) is 3.00. The highest BCUT2D eigenvalue weighted by Gasteiger charge is 2.23. The molecule has 11 nitrogen and oxygen atoms in total. The van der Waals surface area contributed by atoms with E-state index in [-0.39, 0.29) is 29.8 Å². The molecule has 0 spiro atoms. The minimum atomic E-state index is -1.18. The van der Waals surface area contributed by atoms with Crippen LogP contribution in [0.1, 0.15) is 50.3 Å². The van der Waals surface area contributed by atoms with Crippen LogP contribution >= 0.6 is 0 Å². The van der Waals surface area contributed by atoms with Gasteiger partial charge in [0.25, 0.3) is 5.91 Å². The van der Waals surface area contributed by atoms with Crippen molar-refractivity contribution in [1.82, 2.24) is 15.2 Å². The van der Waals surface area contributed by atoms with Gasteiger partial charge in [-0.05, 0) is 66.3 Å². The first kappa shape index (κ1) is 37.1. The third-order valence-electron chi connectivity index (χ3n) is 9.15. The maximum absolute atomic E-state index is 15.7. The Morgan fingerprint density at radius 1 is 1.02 bits per heavy atom. The van der Waals surface area contributed by atoms with Crippen molar-refractivity contribution in [2.75, 3.05) is 39.2 Å². The van der Waals surface area contributed by atoms with Crippen LogP contribution in [0.4, 0.5) is 10.1 Å². The van der Waals surface area contributed by atoms with Crippen LogP contribution in [-0.2, 0) is 17.9 Å². The Morgan fingerprint density at radius 3 is 2.39 bits per heavy atom. The van der Waals surface area contributed by atoms with Crippen molar-refractivity contribution in [1.29, 1.82) is 0 Å². The van der Waals surface area contributed by atoms with E-state index in [9.17, 15) is 24.9 Å². The first-order valence-electron chi connectivity index (χ1n) is 16.6. The topological polar surface area (TPSA) is 153 Å². The van der Waals surface area contributed by atoms with Gasteiger partial charge in [0, 0.05) is 60.8 Å². The second-order valence-corrected chi connectivity index (χ2v) is 12.5. The third-order valence-corrected chi connectivity index (χ3v) is 9.15. The number of aliphatic hydroxyl groups excluding tert-OH is 2. The number of β-amino-alcohol motifs (C(OH)–C–C–N with tert-alkyl or cyclic N) is 1. The number of halogens is 1. The largest absolute Gasteiger partial charge is 0.496 e. The van der Waals surface area contributed by atoms with E-state index in [2.05, 4.69) is 20.5 Å². The molecule has 0 saturated carbocycles. The normalized spacial score (nSPS) is 15.4. The number of nitrogens with one attached hydrogen (secondary N) is 2. The number of pyridine rings is 1. The summed E-state index contributed by atoms with van der Waals surface area (Å²) in [6.45, 7) is 5.29. The Bertz CT molecular complexity index is 1930. The van der Waals surface area contributed by atoms with Crippen molar-refractivity contribution in [3.8, 4) is 22.6 Å². The molecule has 1 aliphatic heterocycles. The molecular weight excluding hydrogens is 655 g/mol. The Balaban J connectivity index is 1.34. The molecule has 5 rings (SSSR count). The van der Waals surface area contributed by atoms with Crippen LogP contribution in [0.5, 0.6) is 11.5 Å². The number of benzene rings is 3. The zero-order valence-electron chi connectivity index (χ0n) is 29.1. The minimum absolute atomic E-state index is 0.106. The fraction of sp³-hybridized carbons (Fsp3) is 0.308. The van der Waals surface area contributed by atoms with Crippen molar-refractivity contribution in [3.05, 3.63) is 106 Å². The summed E-state index contributed by atoms with van der Waals surface area (Å²) in [5.41, 5.74) is 6.61. The Kier molecular flexibility index (Phi) is 12.2. The molecule has 1 saturated heterocycles. The molecule has 1 aromatic heterocycles. The van der Waals surface area contributed by atoms with E-state index in [1.807, 2.05) is 50.2 Å². The average molecular weight is 699 g/mol. The van der Waals surface area contributed by atoms with E-state index in [0.29, 0.717) is 41.4 Å². The maximum Gasteiger partial charge on any atom is 0.323 e. The van der Waals surface area contributed by atoms with Crippen LogP contribution in [0.2, 0.25) is 0 Å². The van der Waals surface area contributed by atoms with Crippen molar-refractivity contribution in [3.63, 3.8) is 0 Å². The number of rotatable bonds is 14. The van der Waals surface area contributed by atoms with Crippen molar-refractivity contribution >= 4 is 29.5 Å². The van der Waals surface area contributed by atoms with Gasteiger partial charge < -0.3 is 30.1 Å². The molecule has 3 aromatic carbocycles. The highest BCUT2D eigenvalue weighted by atomic mass is 19.1. The van der Waals surface area contributed by atoms with E-state index in [1.54, 1.807) is 37.6 Å². The van der Waals surface area contributed by atoms with Gasteiger partial charge in [0.05, 0.1) is 26.9 Å². The van der Waals surface area contributed by atoms with Gasteiger partial charge in [-0.3, -0.25) is 24.8 Å². The molecular formula is C39H43FN4O7. The summed E-state index contributed by atoms with van der Waals surface area (Å²) in [6.07, 6.45) is 3.48. The number of carbonyl (C=O) groups excluding carboxylic acids is 1. The number of carboxylic acid groups (broad SMARTS) is 1. The summed E-state index contributed by atoms with van der Waals surface area (Å²) in [5, 5.41) is 34.1. The number of nitrogens with zero attached hydrogens (tertiary/aromatic N) is 2. The molecule has 0 unspecified atom stereocenters. The molecule has 1 amide bonds. The van der Waals surface area contributed by atoms with Crippen LogP contribution < -0.4 is 20.1 Å². The zero-order valence-corrected chi connectivity index (χ0v) is 29.1. The van der Waals surface area contributed by atoms with Gasteiger partial charge in [-0.25, -0.2) is 4.39 Å². The first-order chi connectivity index (χ1) is 24.5. The van der Waals surface area contributed by atoms with E-state index < -0.39 is 24.4 Å². The van der Waals surface area contributed by atoms with Crippen LogP contribution in [0, 0.1) is 13.8 Å². The summed E-state index contributed by atoms with van der Waals surface area (Å²) in [4.78, 5) is 31.1. The number of carbonyl (C=O) groups is 2. The highest BCUT2D eigenvalue weighted by molar-refractivity contribution is 6.04. The molecule has 4 aromatic rings. The summed E-state index contributed by atoms with van der Waals surface area (Å²) in [6, 6.07) is 16.5.